The van der Waals surface area contributed by atoms with E-state index in [1.165, 1.54) is 76.3 Å². The van der Waals surface area contributed by atoms with Crippen LogP contribution in [0.5, 0.6) is 0 Å². The van der Waals surface area contributed by atoms with Crippen LogP contribution in [0.3, 0.4) is 0 Å². The predicted molar refractivity (Wildman–Crippen MR) is 316 cm³/mol. The van der Waals surface area contributed by atoms with Gasteiger partial charge in [0.05, 0.1) is 44.1 Å². The van der Waals surface area contributed by atoms with E-state index in [1.807, 2.05) is 36.9 Å². The molecule has 16 aromatic rings. The maximum absolute atomic E-state index is 4.44. The van der Waals surface area contributed by atoms with Crippen molar-refractivity contribution in [1.29, 1.82) is 0 Å². The highest BCUT2D eigenvalue weighted by Crippen LogP contribution is 2.45. The lowest BCUT2D eigenvalue weighted by molar-refractivity contribution is 1.14. The first-order valence-corrected chi connectivity index (χ1v) is 25.9. The van der Waals surface area contributed by atoms with Crippen LogP contribution < -0.4 is 0 Å². The average Bonchev–Trinajstić information content (AvgIpc) is 4.26. The smallest absolute Gasteiger partial charge is 0.0547 e. The highest BCUT2D eigenvalue weighted by Gasteiger charge is 2.23. The summed E-state index contributed by atoms with van der Waals surface area (Å²) in [5.41, 5.74) is 20.7. The van der Waals surface area contributed by atoms with Crippen LogP contribution in [0.25, 0.3) is 143 Å². The molecule has 0 saturated carbocycles. The molecule has 0 radical (unpaired) electrons. The summed E-state index contributed by atoms with van der Waals surface area (Å²) in [5, 5.41) is 9.76. The molecule has 0 fully saturated rings. The molecule has 354 valence electrons. The van der Waals surface area contributed by atoms with Crippen LogP contribution in [0.4, 0.5) is 0 Å². The zero-order valence-electron chi connectivity index (χ0n) is 41.1. The Kier molecular flexibility index (Phi) is 9.23. The normalized spacial score (nSPS) is 11.9. The molecule has 0 bridgehead atoms. The van der Waals surface area contributed by atoms with Gasteiger partial charge in [0.25, 0.3) is 0 Å². The largest absolute Gasteiger partial charge is 0.309 e. The number of rotatable bonds is 7. The molecule has 76 heavy (non-hydrogen) atoms. The van der Waals surface area contributed by atoms with Crippen LogP contribution in [0.2, 0.25) is 0 Å². The molecule has 10 aromatic carbocycles. The minimum absolute atomic E-state index is 1.09. The molecule has 0 aliphatic carbocycles. The van der Waals surface area contributed by atoms with Gasteiger partial charge in [0, 0.05) is 102 Å². The first-order valence-electron chi connectivity index (χ1n) is 25.9. The van der Waals surface area contributed by atoms with Gasteiger partial charge in [-0.2, -0.15) is 0 Å². The Morgan fingerprint density at radius 1 is 0.224 bits per heavy atom. The molecule has 0 aliphatic heterocycles. The zero-order chi connectivity index (χ0) is 49.8. The van der Waals surface area contributed by atoms with Crippen LogP contribution in [0, 0.1) is 0 Å². The van der Waals surface area contributed by atoms with Gasteiger partial charge in [0.15, 0.2) is 0 Å². The monoisotopic (exact) mass is 968 g/mol. The number of hydrogen-bond donors (Lipinski definition) is 0. The molecule has 6 aromatic heterocycles. The molecule has 0 spiro atoms. The van der Waals surface area contributed by atoms with E-state index in [1.54, 1.807) is 0 Å². The van der Waals surface area contributed by atoms with Crippen LogP contribution in [-0.2, 0) is 0 Å². The molecular weight excluding hydrogens is 925 g/mol. The van der Waals surface area contributed by atoms with Gasteiger partial charge in [-0.05, 0) is 144 Å². The van der Waals surface area contributed by atoms with Crippen molar-refractivity contribution < 1.29 is 0 Å². The summed E-state index contributed by atoms with van der Waals surface area (Å²) in [6.07, 6.45) is 7.52. The second kappa shape index (κ2) is 16.6. The van der Waals surface area contributed by atoms with Crippen molar-refractivity contribution in [3.8, 4) is 56.1 Å². The number of nitrogens with zero attached hydrogens (tertiary/aromatic N) is 6. The number of benzene rings is 10. The minimum Gasteiger partial charge on any atom is -0.309 e. The van der Waals surface area contributed by atoms with Crippen molar-refractivity contribution in [3.05, 3.63) is 267 Å². The Hall–Kier alpha value is -10.3. The van der Waals surface area contributed by atoms with Crippen LogP contribution in [-0.4, -0.2) is 28.2 Å². The highest BCUT2D eigenvalue weighted by atomic mass is 15.0. The van der Waals surface area contributed by atoms with Crippen LogP contribution >= 0.6 is 0 Å². The van der Waals surface area contributed by atoms with Gasteiger partial charge in [-0.3, -0.25) is 9.97 Å². The van der Waals surface area contributed by atoms with Gasteiger partial charge < -0.3 is 18.3 Å². The SMILES string of the molecule is c1ccc(-n2c3ccccc3c3cc(-n4c5ccccc5c5c(-c6cccc7c6c6ccccc6n7-c6ccc(-n7c8ccc(-c9cccnc9)cc8c8cc(-c9cccnc9)ccc87)cc6)cccc54)ccc32)cc1. The standard InChI is InChI=1S/C70H44N6/c1-2-16-49(17-3-1)73-61-23-7-4-18-53(61)60-42-52(34-37-66(60)73)76-63-25-9-6-20-57(63)70-55(22-11-27-68(70)76)54-21-10-26-67-69(54)56-19-5-8-24-62(56)75(67)51-32-30-50(31-33-51)74-64-35-28-45(47-14-12-38-71-43-47)40-58(64)59-41-46(29-36-65(59)74)48-15-13-39-72-44-48/h1-44H. The molecular formula is C70H44N6. The fourth-order valence-corrected chi connectivity index (χ4v) is 12.5. The lowest BCUT2D eigenvalue weighted by Crippen LogP contribution is -1.97. The molecule has 0 saturated heterocycles. The van der Waals surface area contributed by atoms with Gasteiger partial charge in [0.1, 0.15) is 0 Å². The Bertz CT molecular complexity index is 4870. The number of para-hydroxylation sites is 4. The second-order valence-corrected chi connectivity index (χ2v) is 19.8. The predicted octanol–water partition coefficient (Wildman–Crippen LogP) is 17.9. The molecule has 16 rings (SSSR count). The van der Waals surface area contributed by atoms with E-state index >= 15 is 0 Å². The number of hydrogen-bond acceptors (Lipinski definition) is 2. The Balaban J connectivity index is 0.852. The van der Waals surface area contributed by atoms with Crippen molar-refractivity contribution in [1.82, 2.24) is 28.2 Å². The topological polar surface area (TPSA) is 45.5 Å². The zero-order valence-corrected chi connectivity index (χ0v) is 41.1. The van der Waals surface area contributed by atoms with Crippen LogP contribution in [0.15, 0.2) is 267 Å². The lowest BCUT2D eigenvalue weighted by atomic mass is 9.95. The molecule has 0 amide bonds. The van der Waals surface area contributed by atoms with E-state index in [0.29, 0.717) is 0 Å². The Labute approximate surface area is 436 Å². The van der Waals surface area contributed by atoms with Gasteiger partial charge in [0.2, 0.25) is 0 Å². The molecule has 0 atom stereocenters. The van der Waals surface area contributed by atoms with E-state index in [4.69, 9.17) is 0 Å². The maximum Gasteiger partial charge on any atom is 0.0547 e. The van der Waals surface area contributed by atoms with E-state index in [-0.39, 0.29) is 0 Å². The lowest BCUT2D eigenvalue weighted by Gasteiger charge is -2.13. The quantitative estimate of drug-likeness (QED) is 0.160. The van der Waals surface area contributed by atoms with Gasteiger partial charge >= 0.3 is 0 Å². The summed E-state index contributed by atoms with van der Waals surface area (Å²) in [7, 11) is 0. The fourth-order valence-electron chi connectivity index (χ4n) is 12.5. The molecule has 0 aliphatic rings. The highest BCUT2D eigenvalue weighted by molar-refractivity contribution is 6.22. The fraction of sp³-hybridized carbons (Fsp3) is 0. The summed E-state index contributed by atoms with van der Waals surface area (Å²) in [6, 6.07) is 88.8. The number of pyridine rings is 2. The Morgan fingerprint density at radius 3 is 1.12 bits per heavy atom. The van der Waals surface area contributed by atoms with E-state index < -0.39 is 0 Å². The van der Waals surface area contributed by atoms with Crippen molar-refractivity contribution in [2.45, 2.75) is 0 Å². The first kappa shape index (κ1) is 42.2. The molecule has 6 heterocycles. The van der Waals surface area contributed by atoms with Crippen molar-refractivity contribution in [2.75, 3.05) is 0 Å². The number of fused-ring (bicyclic) bond motifs is 12. The summed E-state index contributed by atoms with van der Waals surface area (Å²) >= 11 is 0. The van der Waals surface area contributed by atoms with E-state index in [0.717, 1.165) is 67.1 Å². The van der Waals surface area contributed by atoms with E-state index in [9.17, 15) is 0 Å². The molecule has 6 heteroatoms. The number of aromatic nitrogens is 6. The summed E-state index contributed by atoms with van der Waals surface area (Å²) in [6.45, 7) is 0. The molecule has 6 nitrogen and oxygen atoms in total. The van der Waals surface area contributed by atoms with Crippen LogP contribution in [0.1, 0.15) is 0 Å². The molecule has 0 unspecified atom stereocenters. The third kappa shape index (κ3) is 6.28. The minimum atomic E-state index is 1.09. The van der Waals surface area contributed by atoms with Crippen molar-refractivity contribution in [2.24, 2.45) is 0 Å². The van der Waals surface area contributed by atoms with Crippen molar-refractivity contribution >= 4 is 87.2 Å². The van der Waals surface area contributed by atoms with E-state index in [2.05, 4.69) is 259 Å². The summed E-state index contributed by atoms with van der Waals surface area (Å²) < 4.78 is 9.68. The third-order valence-corrected chi connectivity index (χ3v) is 15.7. The summed E-state index contributed by atoms with van der Waals surface area (Å²) in [5.74, 6) is 0. The summed E-state index contributed by atoms with van der Waals surface area (Å²) in [4.78, 5) is 8.88. The maximum atomic E-state index is 4.44. The van der Waals surface area contributed by atoms with Gasteiger partial charge in [-0.15, -0.1) is 0 Å². The second-order valence-electron chi connectivity index (χ2n) is 19.8. The Morgan fingerprint density at radius 2 is 0.605 bits per heavy atom. The average molecular weight is 969 g/mol. The third-order valence-electron chi connectivity index (χ3n) is 15.7. The van der Waals surface area contributed by atoms with Gasteiger partial charge in [-0.25, -0.2) is 0 Å². The first-order chi connectivity index (χ1) is 37.7. The van der Waals surface area contributed by atoms with Crippen molar-refractivity contribution in [3.63, 3.8) is 0 Å². The molecule has 0 N–H and O–H groups in total. The van der Waals surface area contributed by atoms with Gasteiger partial charge in [-0.1, -0.05) is 121 Å².